The fourth-order valence-corrected chi connectivity index (χ4v) is 2.52. The maximum atomic E-state index is 12.3. The van der Waals surface area contributed by atoms with Crippen molar-refractivity contribution in [2.45, 2.75) is 39.1 Å². The van der Waals surface area contributed by atoms with Crippen LogP contribution >= 0.6 is 0 Å². The van der Waals surface area contributed by atoms with Crippen molar-refractivity contribution < 1.29 is 32.2 Å². The standard InChI is InChI=1S/C16H24N2O8S/c1-16(2,3)25-15(20)17(11-14(19)26-27(4,23)24)10-9-12-5-7-13(8-6-12)18(21)22/h5-8,14,19H,9-11H2,1-4H3/t14-/m0/s1. The Bertz CT molecular complexity index is 756. The summed E-state index contributed by atoms with van der Waals surface area (Å²) in [6.45, 7) is 4.67. The molecule has 1 amide bonds. The van der Waals surface area contributed by atoms with Gasteiger partial charge in [0.05, 0.1) is 17.7 Å². The van der Waals surface area contributed by atoms with E-state index >= 15 is 0 Å². The van der Waals surface area contributed by atoms with Crippen molar-refractivity contribution >= 4 is 21.9 Å². The fraction of sp³-hybridized carbons (Fsp3) is 0.562. The molecule has 0 aliphatic rings. The Labute approximate surface area is 158 Å². The molecule has 0 spiro atoms. The van der Waals surface area contributed by atoms with E-state index in [4.69, 9.17) is 4.74 Å². The molecule has 1 N–H and O–H groups in total. The third-order valence-electron chi connectivity index (χ3n) is 3.13. The highest BCUT2D eigenvalue weighted by Crippen LogP contribution is 2.15. The van der Waals surface area contributed by atoms with Crippen molar-refractivity contribution in [3.8, 4) is 0 Å². The third kappa shape index (κ3) is 9.31. The number of ether oxygens (including phenoxy) is 1. The van der Waals surface area contributed by atoms with Crippen molar-refractivity contribution in [3.63, 3.8) is 0 Å². The van der Waals surface area contributed by atoms with Gasteiger partial charge < -0.3 is 14.7 Å². The molecule has 0 aromatic heterocycles. The lowest BCUT2D eigenvalue weighted by atomic mass is 10.1. The van der Waals surface area contributed by atoms with Gasteiger partial charge >= 0.3 is 6.09 Å². The first-order chi connectivity index (χ1) is 12.3. The van der Waals surface area contributed by atoms with E-state index in [1.165, 1.54) is 12.1 Å². The molecule has 0 saturated heterocycles. The molecular weight excluding hydrogens is 380 g/mol. The second-order valence-electron chi connectivity index (χ2n) is 6.85. The van der Waals surface area contributed by atoms with Gasteiger partial charge in [0, 0.05) is 18.7 Å². The van der Waals surface area contributed by atoms with Gasteiger partial charge in [-0.3, -0.25) is 10.1 Å². The van der Waals surface area contributed by atoms with Gasteiger partial charge in [-0.2, -0.15) is 8.42 Å². The van der Waals surface area contributed by atoms with E-state index < -0.39 is 39.6 Å². The molecule has 1 atom stereocenters. The SMILES string of the molecule is CC(C)(C)OC(=O)N(CCc1ccc([N+](=O)[O-])cc1)C[C@@H](O)OS(C)(=O)=O. The lowest BCUT2D eigenvalue weighted by Crippen LogP contribution is -2.43. The molecule has 1 aromatic rings. The van der Waals surface area contributed by atoms with E-state index in [-0.39, 0.29) is 12.2 Å². The molecule has 27 heavy (non-hydrogen) atoms. The molecule has 1 rings (SSSR count). The second-order valence-corrected chi connectivity index (χ2v) is 8.46. The number of nitro groups is 1. The molecule has 0 heterocycles. The monoisotopic (exact) mass is 404 g/mol. The minimum Gasteiger partial charge on any atom is -0.444 e. The number of aliphatic hydroxyl groups is 1. The number of hydrogen-bond acceptors (Lipinski definition) is 8. The van der Waals surface area contributed by atoms with Crippen LogP contribution in [0.25, 0.3) is 0 Å². The van der Waals surface area contributed by atoms with E-state index in [0.29, 0.717) is 12.0 Å². The molecule has 0 aliphatic carbocycles. The summed E-state index contributed by atoms with van der Waals surface area (Å²) >= 11 is 0. The van der Waals surface area contributed by atoms with Gasteiger partial charge in [-0.15, -0.1) is 0 Å². The van der Waals surface area contributed by atoms with Crippen LogP contribution in [-0.4, -0.2) is 60.7 Å². The summed E-state index contributed by atoms with van der Waals surface area (Å²) < 4.78 is 31.9. The smallest absolute Gasteiger partial charge is 0.410 e. The Morgan fingerprint density at radius 1 is 1.30 bits per heavy atom. The maximum Gasteiger partial charge on any atom is 0.410 e. The predicted molar refractivity (Wildman–Crippen MR) is 96.5 cm³/mol. The largest absolute Gasteiger partial charge is 0.444 e. The number of nitrogens with zero attached hydrogens (tertiary/aromatic N) is 2. The van der Waals surface area contributed by atoms with Gasteiger partial charge in [0.1, 0.15) is 5.60 Å². The summed E-state index contributed by atoms with van der Waals surface area (Å²) in [5.41, 5.74) is -0.127. The highest BCUT2D eigenvalue weighted by molar-refractivity contribution is 7.86. The number of carbonyl (C=O) groups excluding carboxylic acids is 1. The van der Waals surface area contributed by atoms with Crippen LogP contribution in [0.15, 0.2) is 24.3 Å². The lowest BCUT2D eigenvalue weighted by molar-refractivity contribution is -0.384. The van der Waals surface area contributed by atoms with Gasteiger partial charge in [0.2, 0.25) is 0 Å². The summed E-state index contributed by atoms with van der Waals surface area (Å²) in [4.78, 5) is 23.6. The van der Waals surface area contributed by atoms with E-state index in [2.05, 4.69) is 4.18 Å². The Morgan fingerprint density at radius 3 is 2.30 bits per heavy atom. The zero-order chi connectivity index (χ0) is 20.8. The first kappa shape index (κ1) is 22.8. The van der Waals surface area contributed by atoms with Crippen LogP contribution in [0.1, 0.15) is 26.3 Å². The quantitative estimate of drug-likeness (QED) is 0.299. The summed E-state index contributed by atoms with van der Waals surface area (Å²) in [6.07, 6.45) is -1.40. The minimum absolute atomic E-state index is 0.0558. The number of aliphatic hydroxyl groups excluding tert-OH is 1. The molecule has 0 fully saturated rings. The van der Waals surface area contributed by atoms with Crippen LogP contribution in [0.3, 0.4) is 0 Å². The predicted octanol–water partition coefficient (Wildman–Crippen LogP) is 1.67. The topological polar surface area (TPSA) is 136 Å². The molecular formula is C16H24N2O8S. The van der Waals surface area contributed by atoms with Crippen LogP contribution in [-0.2, 0) is 25.5 Å². The number of benzene rings is 1. The van der Waals surface area contributed by atoms with Crippen molar-refractivity contribution in [1.29, 1.82) is 0 Å². The van der Waals surface area contributed by atoms with Gasteiger partial charge in [0.25, 0.3) is 15.8 Å². The van der Waals surface area contributed by atoms with Crippen LogP contribution in [0, 0.1) is 10.1 Å². The van der Waals surface area contributed by atoms with Gasteiger partial charge in [-0.05, 0) is 32.8 Å². The first-order valence-corrected chi connectivity index (χ1v) is 9.86. The Balaban J connectivity index is 2.83. The van der Waals surface area contributed by atoms with E-state index in [0.717, 1.165) is 11.2 Å². The number of non-ortho nitro benzene ring substituents is 1. The van der Waals surface area contributed by atoms with Crippen LogP contribution in [0.5, 0.6) is 0 Å². The minimum atomic E-state index is -3.90. The van der Waals surface area contributed by atoms with Crippen molar-refractivity contribution in [1.82, 2.24) is 4.90 Å². The number of rotatable bonds is 8. The number of nitro benzene ring substituents is 1. The molecule has 0 saturated carbocycles. The number of hydrogen-bond donors (Lipinski definition) is 1. The van der Waals surface area contributed by atoms with Crippen molar-refractivity contribution in [2.24, 2.45) is 0 Å². The Hall–Kier alpha value is -2.24. The van der Waals surface area contributed by atoms with E-state index in [9.17, 15) is 28.4 Å². The molecule has 0 radical (unpaired) electrons. The van der Waals surface area contributed by atoms with Gasteiger partial charge in [-0.25, -0.2) is 8.98 Å². The van der Waals surface area contributed by atoms with Crippen LogP contribution in [0.4, 0.5) is 10.5 Å². The number of carbonyl (C=O) groups is 1. The van der Waals surface area contributed by atoms with E-state index in [1.54, 1.807) is 32.9 Å². The highest BCUT2D eigenvalue weighted by atomic mass is 32.2. The maximum absolute atomic E-state index is 12.3. The van der Waals surface area contributed by atoms with Crippen molar-refractivity contribution in [3.05, 3.63) is 39.9 Å². The Morgan fingerprint density at radius 2 is 1.85 bits per heavy atom. The molecule has 1 aromatic carbocycles. The molecule has 152 valence electrons. The lowest BCUT2D eigenvalue weighted by Gasteiger charge is -2.28. The van der Waals surface area contributed by atoms with Crippen LogP contribution < -0.4 is 0 Å². The van der Waals surface area contributed by atoms with Crippen LogP contribution in [0.2, 0.25) is 0 Å². The zero-order valence-corrected chi connectivity index (χ0v) is 16.4. The molecule has 11 heteroatoms. The van der Waals surface area contributed by atoms with Gasteiger partial charge in [-0.1, -0.05) is 12.1 Å². The summed E-state index contributed by atoms with van der Waals surface area (Å²) in [5.74, 6) is 0. The normalized spacial score (nSPS) is 13.1. The van der Waals surface area contributed by atoms with E-state index in [1.807, 2.05) is 0 Å². The number of amides is 1. The summed E-state index contributed by atoms with van der Waals surface area (Å²) in [6, 6.07) is 5.78. The average molecular weight is 404 g/mol. The highest BCUT2D eigenvalue weighted by Gasteiger charge is 2.25. The second kappa shape index (κ2) is 9.11. The average Bonchev–Trinajstić information content (AvgIpc) is 2.48. The summed E-state index contributed by atoms with van der Waals surface area (Å²) in [7, 11) is -3.90. The third-order valence-corrected chi connectivity index (χ3v) is 3.70. The van der Waals surface area contributed by atoms with Gasteiger partial charge in [0.15, 0.2) is 6.29 Å². The molecule has 0 unspecified atom stereocenters. The zero-order valence-electron chi connectivity index (χ0n) is 15.6. The molecule has 0 aliphatic heterocycles. The fourth-order valence-electron chi connectivity index (χ4n) is 2.05. The Kier molecular flexibility index (Phi) is 7.69. The van der Waals surface area contributed by atoms with Crippen molar-refractivity contribution in [2.75, 3.05) is 19.3 Å². The first-order valence-electron chi connectivity index (χ1n) is 8.04. The molecule has 10 nitrogen and oxygen atoms in total. The summed E-state index contributed by atoms with van der Waals surface area (Å²) in [5, 5.41) is 20.5. The molecule has 0 bridgehead atoms.